The lowest BCUT2D eigenvalue weighted by Gasteiger charge is -1.95. The number of aryl methyl sites for hydroxylation is 1. The van der Waals surface area contributed by atoms with Crippen LogP contribution in [0.3, 0.4) is 0 Å². The van der Waals surface area contributed by atoms with E-state index in [0.717, 1.165) is 0 Å². The molecule has 0 spiro atoms. The number of esters is 1. The van der Waals surface area contributed by atoms with Crippen LogP contribution >= 0.6 is 23.4 Å². The Labute approximate surface area is 85.2 Å². The lowest BCUT2D eigenvalue weighted by Crippen LogP contribution is -2.04. The van der Waals surface area contributed by atoms with Crippen molar-refractivity contribution in [1.82, 2.24) is 9.78 Å². The van der Waals surface area contributed by atoms with Crippen LogP contribution in [-0.4, -0.2) is 29.1 Å². The fourth-order valence-electron chi connectivity index (χ4n) is 0.895. The van der Waals surface area contributed by atoms with Gasteiger partial charge in [0.25, 0.3) is 0 Å². The van der Waals surface area contributed by atoms with Crippen molar-refractivity contribution in [2.45, 2.75) is 4.90 Å². The lowest BCUT2D eigenvalue weighted by atomic mass is 10.4. The molecule has 0 unspecified atom stereocenters. The lowest BCUT2D eigenvalue weighted by molar-refractivity contribution is 0.0589. The first kappa shape index (κ1) is 10.4. The van der Waals surface area contributed by atoms with Gasteiger partial charge in [0.15, 0.2) is 5.69 Å². The summed E-state index contributed by atoms with van der Waals surface area (Å²) in [5.41, 5.74) is 0.266. The minimum absolute atomic E-state index is 0.266. The summed E-state index contributed by atoms with van der Waals surface area (Å²) >= 11 is 7.26. The van der Waals surface area contributed by atoms with Crippen molar-refractivity contribution < 1.29 is 9.53 Å². The van der Waals surface area contributed by atoms with Crippen LogP contribution in [0.2, 0.25) is 5.15 Å². The SMILES string of the molecule is COC(=O)c1nn(C)c(Cl)c1SC. The van der Waals surface area contributed by atoms with E-state index >= 15 is 0 Å². The first-order valence-corrected chi connectivity index (χ1v) is 5.06. The van der Waals surface area contributed by atoms with Crippen LogP contribution in [0.25, 0.3) is 0 Å². The van der Waals surface area contributed by atoms with Gasteiger partial charge in [0.1, 0.15) is 5.15 Å². The van der Waals surface area contributed by atoms with Crippen LogP contribution in [-0.2, 0) is 11.8 Å². The fraction of sp³-hybridized carbons (Fsp3) is 0.429. The second-order valence-corrected chi connectivity index (χ2v) is 3.46. The summed E-state index contributed by atoms with van der Waals surface area (Å²) in [4.78, 5) is 11.8. The highest BCUT2D eigenvalue weighted by Crippen LogP contribution is 2.28. The topological polar surface area (TPSA) is 44.1 Å². The van der Waals surface area contributed by atoms with Crippen LogP contribution in [0.4, 0.5) is 0 Å². The van der Waals surface area contributed by atoms with Crippen molar-refractivity contribution in [2.24, 2.45) is 7.05 Å². The summed E-state index contributed by atoms with van der Waals surface area (Å²) in [6.45, 7) is 0. The highest BCUT2D eigenvalue weighted by molar-refractivity contribution is 7.98. The second-order valence-electron chi connectivity index (χ2n) is 2.29. The van der Waals surface area contributed by atoms with Gasteiger partial charge < -0.3 is 4.74 Å². The molecular weight excluding hydrogens is 212 g/mol. The van der Waals surface area contributed by atoms with E-state index in [0.29, 0.717) is 10.0 Å². The average molecular weight is 221 g/mol. The Balaban J connectivity index is 3.21. The van der Waals surface area contributed by atoms with E-state index in [4.69, 9.17) is 11.6 Å². The van der Waals surface area contributed by atoms with E-state index in [2.05, 4.69) is 9.84 Å². The molecule has 0 atom stereocenters. The third-order valence-corrected chi connectivity index (χ3v) is 2.86. The number of hydrogen-bond acceptors (Lipinski definition) is 4. The average Bonchev–Trinajstić information content (AvgIpc) is 2.42. The molecule has 1 aromatic rings. The second kappa shape index (κ2) is 4.02. The molecule has 0 N–H and O–H groups in total. The number of carbonyl (C=O) groups excluding carboxylic acids is 1. The Bertz CT molecular complexity index is 337. The number of hydrogen-bond donors (Lipinski definition) is 0. The number of nitrogens with zero attached hydrogens (tertiary/aromatic N) is 2. The predicted molar refractivity (Wildman–Crippen MR) is 51.3 cm³/mol. The highest BCUT2D eigenvalue weighted by Gasteiger charge is 2.20. The zero-order chi connectivity index (χ0) is 10.0. The summed E-state index contributed by atoms with van der Waals surface area (Å²) in [6, 6.07) is 0. The first-order chi connectivity index (χ1) is 6.11. The minimum atomic E-state index is -0.466. The monoisotopic (exact) mass is 220 g/mol. The van der Waals surface area contributed by atoms with Crippen molar-refractivity contribution >= 4 is 29.3 Å². The van der Waals surface area contributed by atoms with Gasteiger partial charge in [-0.2, -0.15) is 5.10 Å². The normalized spacial score (nSPS) is 10.2. The molecule has 0 aromatic carbocycles. The third-order valence-electron chi connectivity index (χ3n) is 1.52. The number of ether oxygens (including phenoxy) is 1. The molecule has 0 fully saturated rings. The molecule has 0 aliphatic carbocycles. The number of methoxy groups -OCH3 is 1. The molecule has 0 radical (unpaired) electrons. The molecule has 72 valence electrons. The Morgan fingerprint density at radius 2 is 2.31 bits per heavy atom. The van der Waals surface area contributed by atoms with E-state index in [9.17, 15) is 4.79 Å². The zero-order valence-corrected chi connectivity index (χ0v) is 9.07. The first-order valence-electron chi connectivity index (χ1n) is 3.46. The van der Waals surface area contributed by atoms with Gasteiger partial charge in [-0.3, -0.25) is 4.68 Å². The maximum atomic E-state index is 11.2. The van der Waals surface area contributed by atoms with E-state index < -0.39 is 5.97 Å². The van der Waals surface area contributed by atoms with Gasteiger partial charge in [0.05, 0.1) is 12.0 Å². The molecule has 6 heteroatoms. The smallest absolute Gasteiger partial charge is 0.359 e. The Morgan fingerprint density at radius 1 is 1.69 bits per heavy atom. The molecule has 1 heterocycles. The van der Waals surface area contributed by atoms with E-state index in [1.165, 1.54) is 23.6 Å². The van der Waals surface area contributed by atoms with E-state index in [1.54, 1.807) is 7.05 Å². The number of thioether (sulfide) groups is 1. The molecule has 0 aliphatic rings. The van der Waals surface area contributed by atoms with Crippen molar-refractivity contribution in [2.75, 3.05) is 13.4 Å². The quantitative estimate of drug-likeness (QED) is 0.561. The van der Waals surface area contributed by atoms with E-state index in [1.807, 2.05) is 6.26 Å². The van der Waals surface area contributed by atoms with Gasteiger partial charge in [0.2, 0.25) is 0 Å². The van der Waals surface area contributed by atoms with Crippen LogP contribution in [0.5, 0.6) is 0 Å². The summed E-state index contributed by atoms with van der Waals surface area (Å²) in [5, 5.41) is 4.39. The third kappa shape index (κ3) is 1.81. The van der Waals surface area contributed by atoms with Gasteiger partial charge in [-0.25, -0.2) is 4.79 Å². The molecule has 0 aliphatic heterocycles. The van der Waals surface area contributed by atoms with Crippen molar-refractivity contribution in [3.8, 4) is 0 Å². The Hall–Kier alpha value is -0.680. The van der Waals surface area contributed by atoms with Crippen LogP contribution < -0.4 is 0 Å². The van der Waals surface area contributed by atoms with E-state index in [-0.39, 0.29) is 5.69 Å². The predicted octanol–water partition coefficient (Wildman–Crippen LogP) is 1.58. The van der Waals surface area contributed by atoms with Crippen LogP contribution in [0.15, 0.2) is 4.90 Å². The fourth-order valence-corrected chi connectivity index (χ4v) is 1.87. The molecule has 13 heavy (non-hydrogen) atoms. The Morgan fingerprint density at radius 3 is 2.77 bits per heavy atom. The number of rotatable bonds is 2. The molecule has 0 bridgehead atoms. The molecule has 0 saturated carbocycles. The summed E-state index contributed by atoms with van der Waals surface area (Å²) in [6.07, 6.45) is 1.83. The van der Waals surface area contributed by atoms with Gasteiger partial charge in [-0.05, 0) is 6.26 Å². The summed E-state index contributed by atoms with van der Waals surface area (Å²) < 4.78 is 6.00. The van der Waals surface area contributed by atoms with Crippen molar-refractivity contribution in [1.29, 1.82) is 0 Å². The maximum absolute atomic E-state index is 11.2. The van der Waals surface area contributed by atoms with Gasteiger partial charge in [0, 0.05) is 7.05 Å². The number of aromatic nitrogens is 2. The molecular formula is C7H9ClN2O2S. The Kier molecular flexibility index (Phi) is 3.22. The standard InChI is InChI=1S/C7H9ClN2O2S/c1-10-6(8)5(13-3)4(9-10)7(11)12-2/h1-3H3. The number of halogens is 1. The molecule has 1 aromatic heterocycles. The molecule has 4 nitrogen and oxygen atoms in total. The van der Waals surface area contributed by atoms with Crippen molar-refractivity contribution in [3.05, 3.63) is 10.8 Å². The molecule has 1 rings (SSSR count). The minimum Gasteiger partial charge on any atom is -0.464 e. The number of carbonyl (C=O) groups is 1. The van der Waals surface area contributed by atoms with Gasteiger partial charge in [-0.15, -0.1) is 11.8 Å². The van der Waals surface area contributed by atoms with Crippen LogP contribution in [0, 0.1) is 0 Å². The highest BCUT2D eigenvalue weighted by atomic mass is 35.5. The largest absolute Gasteiger partial charge is 0.464 e. The van der Waals surface area contributed by atoms with Crippen LogP contribution in [0.1, 0.15) is 10.5 Å². The zero-order valence-electron chi connectivity index (χ0n) is 7.50. The van der Waals surface area contributed by atoms with Crippen molar-refractivity contribution in [3.63, 3.8) is 0 Å². The summed E-state index contributed by atoms with van der Waals surface area (Å²) in [5.74, 6) is -0.466. The molecule has 0 saturated heterocycles. The maximum Gasteiger partial charge on any atom is 0.359 e. The van der Waals surface area contributed by atoms with Gasteiger partial charge in [-0.1, -0.05) is 11.6 Å². The summed E-state index contributed by atoms with van der Waals surface area (Å²) in [7, 11) is 2.99. The molecule has 0 amide bonds. The van der Waals surface area contributed by atoms with Gasteiger partial charge >= 0.3 is 5.97 Å².